The highest BCUT2D eigenvalue weighted by Crippen LogP contribution is 2.24. The molecule has 2 saturated heterocycles. The SMILES string of the molecule is Cc1ccccc1C(=O)N[C@@H](C(=O)N1CCCC1)C1CCN(C(=O)NC(C)C)CC1. The molecule has 7 heteroatoms. The molecule has 2 N–H and O–H groups in total. The van der Waals surface area contributed by atoms with Gasteiger partial charge in [-0.15, -0.1) is 0 Å². The van der Waals surface area contributed by atoms with E-state index >= 15 is 0 Å². The molecule has 2 heterocycles. The van der Waals surface area contributed by atoms with Gasteiger partial charge in [0.25, 0.3) is 5.91 Å². The molecular weight excluding hydrogens is 380 g/mol. The van der Waals surface area contributed by atoms with Crippen LogP contribution in [0.3, 0.4) is 0 Å². The maximum atomic E-state index is 13.3. The summed E-state index contributed by atoms with van der Waals surface area (Å²) in [4.78, 5) is 42.2. The van der Waals surface area contributed by atoms with E-state index in [1.807, 2.05) is 43.9 Å². The molecule has 30 heavy (non-hydrogen) atoms. The van der Waals surface area contributed by atoms with Gasteiger partial charge in [0.1, 0.15) is 6.04 Å². The summed E-state index contributed by atoms with van der Waals surface area (Å²) in [6.45, 7) is 8.47. The van der Waals surface area contributed by atoms with E-state index in [1.165, 1.54) is 0 Å². The van der Waals surface area contributed by atoms with Gasteiger partial charge in [-0.1, -0.05) is 18.2 Å². The number of piperidine rings is 1. The van der Waals surface area contributed by atoms with E-state index in [0.717, 1.165) is 31.5 Å². The summed E-state index contributed by atoms with van der Waals surface area (Å²) < 4.78 is 0. The second-order valence-corrected chi connectivity index (χ2v) is 8.73. The third kappa shape index (κ3) is 5.32. The van der Waals surface area contributed by atoms with Crippen LogP contribution in [0, 0.1) is 12.8 Å². The van der Waals surface area contributed by atoms with Crippen molar-refractivity contribution >= 4 is 17.8 Å². The van der Waals surface area contributed by atoms with Gasteiger partial charge in [0.05, 0.1) is 0 Å². The fourth-order valence-corrected chi connectivity index (χ4v) is 4.34. The van der Waals surface area contributed by atoms with Gasteiger partial charge < -0.3 is 20.4 Å². The van der Waals surface area contributed by atoms with Gasteiger partial charge in [0.2, 0.25) is 5.91 Å². The Labute approximate surface area is 179 Å². The molecule has 2 fully saturated rings. The van der Waals surface area contributed by atoms with E-state index in [9.17, 15) is 14.4 Å². The number of benzene rings is 1. The Kier molecular flexibility index (Phi) is 7.34. The van der Waals surface area contributed by atoms with Crippen molar-refractivity contribution in [2.75, 3.05) is 26.2 Å². The number of carbonyl (C=O) groups excluding carboxylic acids is 3. The lowest BCUT2D eigenvalue weighted by Gasteiger charge is -2.37. The summed E-state index contributed by atoms with van der Waals surface area (Å²) in [6, 6.07) is 6.91. The maximum Gasteiger partial charge on any atom is 0.317 e. The number of nitrogens with zero attached hydrogens (tertiary/aromatic N) is 2. The van der Waals surface area contributed by atoms with E-state index in [-0.39, 0.29) is 29.8 Å². The molecule has 0 unspecified atom stereocenters. The number of nitrogens with one attached hydrogen (secondary N) is 2. The lowest BCUT2D eigenvalue weighted by molar-refractivity contribution is -0.134. The van der Waals surface area contributed by atoms with Gasteiger partial charge in [0.15, 0.2) is 0 Å². The van der Waals surface area contributed by atoms with E-state index in [4.69, 9.17) is 0 Å². The molecule has 0 aromatic heterocycles. The minimum atomic E-state index is -0.550. The van der Waals surface area contributed by atoms with Crippen molar-refractivity contribution in [3.05, 3.63) is 35.4 Å². The Balaban J connectivity index is 1.70. The average Bonchev–Trinajstić information content (AvgIpc) is 3.26. The van der Waals surface area contributed by atoms with Crippen molar-refractivity contribution in [2.45, 2.75) is 58.5 Å². The predicted molar refractivity (Wildman–Crippen MR) is 116 cm³/mol. The van der Waals surface area contributed by atoms with E-state index in [0.29, 0.717) is 31.5 Å². The van der Waals surface area contributed by atoms with E-state index in [1.54, 1.807) is 11.0 Å². The van der Waals surface area contributed by atoms with Crippen LogP contribution in [-0.4, -0.2) is 65.9 Å². The first-order chi connectivity index (χ1) is 14.4. The van der Waals surface area contributed by atoms with Gasteiger partial charge in [-0.25, -0.2) is 4.79 Å². The van der Waals surface area contributed by atoms with Crippen molar-refractivity contribution in [3.63, 3.8) is 0 Å². The van der Waals surface area contributed by atoms with Crippen LogP contribution in [0.4, 0.5) is 4.79 Å². The number of carbonyl (C=O) groups is 3. The topological polar surface area (TPSA) is 81.8 Å². The van der Waals surface area contributed by atoms with Crippen LogP contribution in [0.2, 0.25) is 0 Å². The van der Waals surface area contributed by atoms with Gasteiger partial charge >= 0.3 is 6.03 Å². The fourth-order valence-electron chi connectivity index (χ4n) is 4.34. The lowest BCUT2D eigenvalue weighted by Crippen LogP contribution is -2.55. The molecule has 4 amide bonds. The zero-order valence-corrected chi connectivity index (χ0v) is 18.3. The van der Waals surface area contributed by atoms with E-state index in [2.05, 4.69) is 10.6 Å². The molecule has 1 aromatic carbocycles. The fraction of sp³-hybridized carbons (Fsp3) is 0.609. The Morgan fingerprint density at radius 2 is 1.57 bits per heavy atom. The number of hydrogen-bond acceptors (Lipinski definition) is 3. The van der Waals surface area contributed by atoms with Crippen LogP contribution >= 0.6 is 0 Å². The van der Waals surface area contributed by atoms with Gasteiger partial charge in [-0.05, 0) is 64.0 Å². The van der Waals surface area contributed by atoms with Crippen LogP contribution in [0.5, 0.6) is 0 Å². The number of hydrogen-bond donors (Lipinski definition) is 2. The molecule has 1 aromatic rings. The molecule has 0 spiro atoms. The normalized spacial score (nSPS) is 18.4. The Morgan fingerprint density at radius 3 is 2.17 bits per heavy atom. The summed E-state index contributed by atoms with van der Waals surface area (Å²) in [7, 11) is 0. The molecule has 0 radical (unpaired) electrons. The van der Waals surface area contributed by atoms with Crippen LogP contribution < -0.4 is 10.6 Å². The van der Waals surface area contributed by atoms with Crippen molar-refractivity contribution < 1.29 is 14.4 Å². The second-order valence-electron chi connectivity index (χ2n) is 8.73. The van der Waals surface area contributed by atoms with Gasteiger partial charge in [-0.3, -0.25) is 9.59 Å². The van der Waals surface area contributed by atoms with Gasteiger partial charge in [-0.2, -0.15) is 0 Å². The first-order valence-electron chi connectivity index (χ1n) is 11.1. The third-order valence-corrected chi connectivity index (χ3v) is 6.07. The zero-order chi connectivity index (χ0) is 21.7. The molecule has 1 atom stereocenters. The summed E-state index contributed by atoms with van der Waals surface area (Å²) in [6.07, 6.45) is 3.42. The second kappa shape index (κ2) is 9.96. The molecule has 164 valence electrons. The predicted octanol–water partition coefficient (Wildman–Crippen LogP) is 2.55. The third-order valence-electron chi connectivity index (χ3n) is 6.07. The first kappa shape index (κ1) is 22.1. The zero-order valence-electron chi connectivity index (χ0n) is 18.3. The van der Waals surface area contributed by atoms with Crippen molar-refractivity contribution in [2.24, 2.45) is 5.92 Å². The van der Waals surface area contributed by atoms with Crippen molar-refractivity contribution in [1.82, 2.24) is 20.4 Å². The van der Waals surface area contributed by atoms with Crippen LogP contribution in [0.1, 0.15) is 55.5 Å². The van der Waals surface area contributed by atoms with Crippen molar-refractivity contribution in [3.8, 4) is 0 Å². The summed E-state index contributed by atoms with van der Waals surface area (Å²) >= 11 is 0. The molecule has 7 nitrogen and oxygen atoms in total. The highest BCUT2D eigenvalue weighted by Gasteiger charge is 2.37. The Morgan fingerprint density at radius 1 is 0.933 bits per heavy atom. The van der Waals surface area contributed by atoms with E-state index < -0.39 is 6.04 Å². The number of likely N-dealkylation sites (tertiary alicyclic amines) is 2. The quantitative estimate of drug-likeness (QED) is 0.777. The standard InChI is InChI=1S/C23H34N4O3/c1-16(2)24-23(30)27-14-10-18(11-15-27)20(22(29)26-12-6-7-13-26)25-21(28)19-9-5-4-8-17(19)3/h4-5,8-9,16,18,20H,6-7,10-15H2,1-3H3,(H,24,30)(H,25,28)/t20-/m1/s1. The largest absolute Gasteiger partial charge is 0.341 e. The monoisotopic (exact) mass is 414 g/mol. The number of amides is 4. The minimum Gasteiger partial charge on any atom is -0.341 e. The summed E-state index contributed by atoms with van der Waals surface area (Å²) in [5.41, 5.74) is 1.49. The highest BCUT2D eigenvalue weighted by atomic mass is 16.2. The first-order valence-corrected chi connectivity index (χ1v) is 11.1. The highest BCUT2D eigenvalue weighted by molar-refractivity contribution is 5.98. The minimum absolute atomic E-state index is 0.0134. The molecule has 0 saturated carbocycles. The summed E-state index contributed by atoms with van der Waals surface area (Å²) in [5, 5.41) is 5.97. The Bertz CT molecular complexity index is 765. The smallest absolute Gasteiger partial charge is 0.317 e. The Hall–Kier alpha value is -2.57. The number of rotatable bonds is 5. The molecule has 2 aliphatic heterocycles. The maximum absolute atomic E-state index is 13.3. The van der Waals surface area contributed by atoms with Crippen molar-refractivity contribution in [1.29, 1.82) is 0 Å². The van der Waals surface area contributed by atoms with Crippen LogP contribution in [-0.2, 0) is 4.79 Å². The van der Waals surface area contributed by atoms with Crippen LogP contribution in [0.15, 0.2) is 24.3 Å². The molecule has 0 bridgehead atoms. The summed E-state index contributed by atoms with van der Waals surface area (Å²) in [5.74, 6) is -0.167. The molecule has 0 aliphatic carbocycles. The molecular formula is C23H34N4O3. The molecule has 3 rings (SSSR count). The number of urea groups is 1. The van der Waals surface area contributed by atoms with Gasteiger partial charge in [0, 0.05) is 37.8 Å². The average molecular weight is 415 g/mol. The van der Waals surface area contributed by atoms with Crippen LogP contribution in [0.25, 0.3) is 0 Å². The lowest BCUT2D eigenvalue weighted by atomic mass is 9.88. The molecule has 2 aliphatic rings. The number of aryl methyl sites for hydroxylation is 1.